The topological polar surface area (TPSA) is 158 Å². The van der Waals surface area contributed by atoms with Gasteiger partial charge in [-0.1, -0.05) is 13.8 Å². The van der Waals surface area contributed by atoms with E-state index < -0.39 is 22.7 Å². The third kappa shape index (κ3) is 6.20. The molecule has 3 heterocycles. The van der Waals surface area contributed by atoms with Gasteiger partial charge in [0.15, 0.2) is 21.8 Å². The molecule has 0 saturated carbocycles. The number of aromatic amines is 2. The van der Waals surface area contributed by atoms with Crippen LogP contribution < -0.4 is 16.6 Å². The second kappa shape index (κ2) is 10.9. The number of H-pyrrole nitrogens is 2. The number of hydrogen-bond donors (Lipinski definition) is 4. The number of imidazole rings is 2. The minimum Gasteiger partial charge on any atom is -0.374 e. The maximum atomic E-state index is 12.6. The van der Waals surface area contributed by atoms with Gasteiger partial charge in [-0.25, -0.2) is 4.98 Å². The minimum absolute atomic E-state index is 0.0970. The molecule has 5 N–H and O–H groups in total. The summed E-state index contributed by atoms with van der Waals surface area (Å²) in [5.41, 5.74) is 4.81. The zero-order valence-electron chi connectivity index (χ0n) is 21.7. The van der Waals surface area contributed by atoms with Gasteiger partial charge in [0.1, 0.15) is 12.0 Å². The second-order valence-electron chi connectivity index (χ2n) is 9.85. The lowest BCUT2D eigenvalue weighted by molar-refractivity contribution is -0.0289. The van der Waals surface area contributed by atoms with E-state index in [2.05, 4.69) is 25.3 Å². The highest BCUT2D eigenvalue weighted by molar-refractivity contribution is 7.71. The van der Waals surface area contributed by atoms with Gasteiger partial charge in [0.25, 0.3) is 11.5 Å². The Morgan fingerprint density at radius 3 is 2.39 bits per heavy atom. The Hall–Kier alpha value is -3.03. The van der Waals surface area contributed by atoms with E-state index in [-0.39, 0.29) is 27.7 Å². The van der Waals surface area contributed by atoms with Crippen LogP contribution in [0.3, 0.4) is 0 Å². The lowest BCUT2D eigenvalue weighted by Crippen LogP contribution is -2.34. The van der Waals surface area contributed by atoms with Crippen molar-refractivity contribution >= 4 is 35.1 Å². The first-order valence-electron chi connectivity index (χ1n) is 12.0. The third-order valence-electron chi connectivity index (χ3n) is 5.46. The number of ether oxygens (including phenoxy) is 2. The summed E-state index contributed by atoms with van der Waals surface area (Å²) in [6.45, 7) is 13.8. The minimum atomic E-state index is -0.684. The lowest BCUT2D eigenvalue weighted by atomic mass is 10.1. The van der Waals surface area contributed by atoms with E-state index in [1.165, 1.54) is 6.33 Å². The molecule has 0 aliphatic heterocycles. The monoisotopic (exact) mass is 520 g/mol. The van der Waals surface area contributed by atoms with Gasteiger partial charge in [-0.05, 0) is 52.8 Å². The normalized spacial score (nSPS) is 12.4. The molecule has 0 bridgehead atoms. The maximum absolute atomic E-state index is 12.6. The average Bonchev–Trinajstić information content (AvgIpc) is 3.43. The van der Waals surface area contributed by atoms with Gasteiger partial charge in [0.2, 0.25) is 5.95 Å². The smallest absolute Gasteiger partial charge is 0.279 e. The molecule has 13 heteroatoms. The van der Waals surface area contributed by atoms with E-state index in [0.717, 1.165) is 12.8 Å². The summed E-state index contributed by atoms with van der Waals surface area (Å²) in [5, 5.41) is 3.16. The summed E-state index contributed by atoms with van der Waals surface area (Å²) in [7, 11) is 0. The number of nitrogens with two attached hydrogens (primary N) is 1. The number of carbonyl (C=O) groups excluding carboxylic acids is 1. The summed E-state index contributed by atoms with van der Waals surface area (Å²) >= 11 is 5.49. The van der Waals surface area contributed by atoms with Crippen molar-refractivity contribution in [3.63, 3.8) is 0 Å². The fraction of sp³-hybridized carbons (Fsp3) is 0.609. The molecule has 0 aliphatic rings. The van der Waals surface area contributed by atoms with Crippen molar-refractivity contribution in [2.24, 2.45) is 5.73 Å². The number of rotatable bonds is 13. The van der Waals surface area contributed by atoms with Gasteiger partial charge in [-0.15, -0.1) is 0 Å². The number of anilines is 1. The highest BCUT2D eigenvalue weighted by Gasteiger charge is 2.25. The largest absolute Gasteiger partial charge is 0.374 e. The fourth-order valence-corrected chi connectivity index (χ4v) is 3.94. The Labute approximate surface area is 214 Å². The van der Waals surface area contributed by atoms with Gasteiger partial charge in [-0.2, -0.15) is 4.98 Å². The van der Waals surface area contributed by atoms with E-state index in [0.29, 0.717) is 32.0 Å². The first kappa shape index (κ1) is 27.6. The first-order valence-corrected chi connectivity index (χ1v) is 12.4. The van der Waals surface area contributed by atoms with Crippen LogP contribution in [0.2, 0.25) is 0 Å². The van der Waals surface area contributed by atoms with Crippen molar-refractivity contribution in [2.45, 2.75) is 72.1 Å². The number of carbonyl (C=O) groups is 1. The molecular formula is C23H36N8O4S. The van der Waals surface area contributed by atoms with Crippen molar-refractivity contribution < 1.29 is 14.3 Å². The highest BCUT2D eigenvalue weighted by atomic mass is 32.1. The van der Waals surface area contributed by atoms with Crippen LogP contribution in [0.25, 0.3) is 17.1 Å². The van der Waals surface area contributed by atoms with Crippen molar-refractivity contribution in [3.8, 4) is 5.95 Å². The fourth-order valence-electron chi connectivity index (χ4n) is 3.69. The number of nitrogens with one attached hydrogen (secondary N) is 3. The van der Waals surface area contributed by atoms with E-state index in [1.807, 2.05) is 41.5 Å². The van der Waals surface area contributed by atoms with Crippen LogP contribution in [-0.4, -0.2) is 65.9 Å². The average molecular weight is 521 g/mol. The summed E-state index contributed by atoms with van der Waals surface area (Å²) in [6, 6.07) is 0. The Bertz CT molecular complexity index is 1330. The molecular weight excluding hydrogens is 484 g/mol. The Kier molecular flexibility index (Phi) is 8.37. The zero-order chi connectivity index (χ0) is 26.7. The first-order chi connectivity index (χ1) is 16.9. The van der Waals surface area contributed by atoms with Crippen LogP contribution in [-0.2, 0) is 16.0 Å². The van der Waals surface area contributed by atoms with Crippen molar-refractivity contribution in [2.75, 3.05) is 25.1 Å². The van der Waals surface area contributed by atoms with Crippen LogP contribution in [0, 0.1) is 4.77 Å². The zero-order valence-corrected chi connectivity index (χ0v) is 22.5. The predicted octanol–water partition coefficient (Wildman–Crippen LogP) is 2.89. The predicted molar refractivity (Wildman–Crippen MR) is 140 cm³/mol. The van der Waals surface area contributed by atoms with E-state index >= 15 is 0 Å². The maximum Gasteiger partial charge on any atom is 0.279 e. The lowest BCUT2D eigenvalue weighted by Gasteiger charge is -2.27. The summed E-state index contributed by atoms with van der Waals surface area (Å²) in [6.07, 6.45) is 3.21. The van der Waals surface area contributed by atoms with Gasteiger partial charge < -0.3 is 25.5 Å². The molecule has 0 atom stereocenters. The Morgan fingerprint density at radius 2 is 1.78 bits per heavy atom. The SMILES string of the molecule is CCCOC(C)(C)CNc1nc(-n2cnc3c(=O)[nH]c(=S)n(CC(C)(C)OCCC)c32)[nH]c1C(N)=O. The molecule has 198 valence electrons. The quantitative estimate of drug-likeness (QED) is 0.251. The molecule has 0 aromatic carbocycles. The Morgan fingerprint density at radius 1 is 1.14 bits per heavy atom. The molecule has 3 aromatic heterocycles. The van der Waals surface area contributed by atoms with Crippen LogP contribution in [0.15, 0.2) is 11.1 Å². The van der Waals surface area contributed by atoms with Gasteiger partial charge in [-0.3, -0.25) is 23.7 Å². The number of hydrogen-bond acceptors (Lipinski definition) is 8. The summed E-state index contributed by atoms with van der Waals surface area (Å²) in [4.78, 5) is 39.3. The van der Waals surface area contributed by atoms with E-state index in [9.17, 15) is 9.59 Å². The molecule has 0 radical (unpaired) electrons. The molecule has 0 spiro atoms. The van der Waals surface area contributed by atoms with Crippen LogP contribution in [0.4, 0.5) is 5.82 Å². The number of fused-ring (bicyclic) bond motifs is 1. The van der Waals surface area contributed by atoms with Gasteiger partial charge in [0.05, 0.1) is 17.7 Å². The number of aromatic nitrogens is 6. The molecule has 0 fully saturated rings. The molecule has 0 saturated heterocycles. The molecule has 36 heavy (non-hydrogen) atoms. The van der Waals surface area contributed by atoms with Crippen LogP contribution in [0.5, 0.6) is 0 Å². The molecule has 0 unspecified atom stereocenters. The standard InChI is InChI=1S/C23H36N8O4S/c1-7-9-34-22(3,4)11-25-17-14(16(24)32)27-20(28-17)31-13-26-15-18(33)29-21(36)30(19(15)31)12-23(5,6)35-10-8-2/h13,25H,7-12H2,1-6H3,(H2,24,32)(H,27,28)(H,29,33,36). The number of nitrogens with zero attached hydrogens (tertiary/aromatic N) is 4. The van der Waals surface area contributed by atoms with Gasteiger partial charge in [0, 0.05) is 19.8 Å². The molecule has 1 amide bonds. The van der Waals surface area contributed by atoms with Gasteiger partial charge >= 0.3 is 0 Å². The highest BCUT2D eigenvalue weighted by Crippen LogP contribution is 2.22. The number of primary amides is 1. The summed E-state index contributed by atoms with van der Waals surface area (Å²) in [5.74, 6) is -0.159. The van der Waals surface area contributed by atoms with E-state index in [4.69, 9.17) is 27.4 Å². The second-order valence-corrected chi connectivity index (χ2v) is 10.2. The van der Waals surface area contributed by atoms with Crippen LogP contribution >= 0.6 is 12.2 Å². The number of amides is 1. The Balaban J connectivity index is 2.07. The molecule has 12 nitrogen and oxygen atoms in total. The molecule has 3 aromatic rings. The van der Waals surface area contributed by atoms with E-state index in [1.54, 1.807) is 9.13 Å². The van der Waals surface area contributed by atoms with Crippen molar-refractivity contribution in [1.82, 2.24) is 29.1 Å². The third-order valence-corrected chi connectivity index (χ3v) is 5.78. The molecule has 0 aliphatic carbocycles. The van der Waals surface area contributed by atoms with Crippen LogP contribution in [0.1, 0.15) is 64.9 Å². The van der Waals surface area contributed by atoms with Crippen molar-refractivity contribution in [3.05, 3.63) is 27.1 Å². The van der Waals surface area contributed by atoms with Crippen molar-refractivity contribution in [1.29, 1.82) is 0 Å². The summed E-state index contributed by atoms with van der Waals surface area (Å²) < 4.78 is 15.4. The molecule has 3 rings (SSSR count).